The van der Waals surface area contributed by atoms with E-state index in [-0.39, 0.29) is 5.91 Å². The van der Waals surface area contributed by atoms with E-state index in [0.717, 1.165) is 16.7 Å². The van der Waals surface area contributed by atoms with Gasteiger partial charge in [-0.2, -0.15) is 0 Å². The maximum absolute atomic E-state index is 11.5. The van der Waals surface area contributed by atoms with Crippen molar-refractivity contribution in [3.8, 4) is 11.1 Å². The standard InChI is InChI=1S/C16H14N2O2/c19-15-14(17-16(20)18-15)10-11-6-8-13(9-7-11)12-4-2-1-3-5-12/h1-9,14H,10H2,(H2,17,18,19,20)/t14-/m1/s1. The minimum absolute atomic E-state index is 0.262. The molecule has 0 spiro atoms. The van der Waals surface area contributed by atoms with Crippen LogP contribution in [0.1, 0.15) is 5.56 Å². The van der Waals surface area contributed by atoms with E-state index in [9.17, 15) is 9.59 Å². The van der Waals surface area contributed by atoms with Gasteiger partial charge in [0.1, 0.15) is 6.04 Å². The van der Waals surface area contributed by atoms with Gasteiger partial charge in [0.2, 0.25) is 0 Å². The number of hydrogen-bond acceptors (Lipinski definition) is 2. The van der Waals surface area contributed by atoms with Crippen LogP contribution in [0.15, 0.2) is 54.6 Å². The molecule has 0 bridgehead atoms. The Bertz CT molecular complexity index is 635. The van der Waals surface area contributed by atoms with Gasteiger partial charge in [0.25, 0.3) is 5.91 Å². The molecule has 3 amide bonds. The fraction of sp³-hybridized carbons (Fsp3) is 0.125. The molecule has 1 heterocycles. The molecule has 0 saturated carbocycles. The van der Waals surface area contributed by atoms with Crippen LogP contribution < -0.4 is 10.6 Å². The van der Waals surface area contributed by atoms with Gasteiger partial charge in [0.15, 0.2) is 0 Å². The van der Waals surface area contributed by atoms with Gasteiger partial charge in [-0.25, -0.2) is 4.79 Å². The lowest BCUT2D eigenvalue weighted by molar-refractivity contribution is -0.120. The summed E-state index contributed by atoms with van der Waals surface area (Å²) in [5.74, 6) is -0.262. The highest BCUT2D eigenvalue weighted by Gasteiger charge is 2.29. The first-order valence-corrected chi connectivity index (χ1v) is 6.48. The molecule has 0 radical (unpaired) electrons. The summed E-state index contributed by atoms with van der Waals surface area (Å²) in [5.41, 5.74) is 3.31. The average Bonchev–Trinajstić information content (AvgIpc) is 2.79. The molecule has 3 rings (SSSR count). The predicted molar refractivity (Wildman–Crippen MR) is 76.0 cm³/mol. The minimum Gasteiger partial charge on any atom is -0.326 e. The van der Waals surface area contributed by atoms with Crippen LogP contribution in [0.3, 0.4) is 0 Å². The SMILES string of the molecule is O=C1NC(=O)[C@@H](Cc2ccc(-c3ccccc3)cc2)N1. The molecule has 1 saturated heterocycles. The van der Waals surface area contributed by atoms with Crippen molar-refractivity contribution in [2.75, 3.05) is 0 Å². The third-order valence-corrected chi connectivity index (χ3v) is 3.36. The van der Waals surface area contributed by atoms with E-state index < -0.39 is 12.1 Å². The molecule has 2 N–H and O–H groups in total. The number of hydrogen-bond donors (Lipinski definition) is 2. The predicted octanol–water partition coefficient (Wildman–Crippen LogP) is 2.10. The lowest BCUT2D eigenvalue weighted by atomic mass is 10.0. The van der Waals surface area contributed by atoms with Crippen LogP contribution in [-0.4, -0.2) is 18.0 Å². The molecule has 1 aliphatic heterocycles. The van der Waals surface area contributed by atoms with Gasteiger partial charge in [-0.1, -0.05) is 54.6 Å². The molecule has 0 aliphatic carbocycles. The highest BCUT2D eigenvalue weighted by atomic mass is 16.2. The van der Waals surface area contributed by atoms with Crippen LogP contribution in [0.2, 0.25) is 0 Å². The van der Waals surface area contributed by atoms with Gasteiger partial charge in [0.05, 0.1) is 0 Å². The van der Waals surface area contributed by atoms with Gasteiger partial charge in [0, 0.05) is 6.42 Å². The molecule has 1 fully saturated rings. The second-order valence-corrected chi connectivity index (χ2v) is 4.78. The maximum Gasteiger partial charge on any atom is 0.322 e. The zero-order valence-corrected chi connectivity index (χ0v) is 10.8. The van der Waals surface area contributed by atoms with Crippen molar-refractivity contribution >= 4 is 11.9 Å². The number of rotatable bonds is 3. The fourth-order valence-electron chi connectivity index (χ4n) is 2.30. The largest absolute Gasteiger partial charge is 0.326 e. The summed E-state index contributed by atoms with van der Waals surface area (Å²) in [6.07, 6.45) is 0.507. The number of benzene rings is 2. The van der Waals surface area contributed by atoms with E-state index in [4.69, 9.17) is 0 Å². The Balaban J connectivity index is 1.74. The normalized spacial score (nSPS) is 17.7. The lowest BCUT2D eigenvalue weighted by Gasteiger charge is -2.08. The number of urea groups is 1. The summed E-state index contributed by atoms with van der Waals surface area (Å²) < 4.78 is 0. The highest BCUT2D eigenvalue weighted by Crippen LogP contribution is 2.19. The quantitative estimate of drug-likeness (QED) is 0.836. The van der Waals surface area contributed by atoms with Gasteiger partial charge >= 0.3 is 6.03 Å². The van der Waals surface area contributed by atoms with Gasteiger partial charge < -0.3 is 5.32 Å². The topological polar surface area (TPSA) is 58.2 Å². The Morgan fingerprint density at radius 1 is 0.850 bits per heavy atom. The molecule has 4 nitrogen and oxygen atoms in total. The molecule has 1 atom stereocenters. The van der Waals surface area contributed by atoms with Crippen LogP contribution in [0.5, 0.6) is 0 Å². The maximum atomic E-state index is 11.5. The summed E-state index contributed by atoms with van der Waals surface area (Å²) in [7, 11) is 0. The molecular weight excluding hydrogens is 252 g/mol. The van der Waals surface area contributed by atoms with E-state index in [1.165, 1.54) is 0 Å². The van der Waals surface area contributed by atoms with Crippen molar-refractivity contribution in [1.82, 2.24) is 10.6 Å². The molecule has 0 aromatic heterocycles. The van der Waals surface area contributed by atoms with Crippen molar-refractivity contribution in [3.05, 3.63) is 60.2 Å². The zero-order chi connectivity index (χ0) is 13.9. The second kappa shape index (κ2) is 5.17. The van der Waals surface area contributed by atoms with E-state index in [0.29, 0.717) is 6.42 Å². The van der Waals surface area contributed by atoms with Gasteiger partial charge in [-0.3, -0.25) is 10.1 Å². The van der Waals surface area contributed by atoms with Crippen LogP contribution in [-0.2, 0) is 11.2 Å². The molecular formula is C16H14N2O2. The third kappa shape index (κ3) is 2.54. The van der Waals surface area contributed by atoms with E-state index >= 15 is 0 Å². The summed E-state index contributed by atoms with van der Waals surface area (Å²) in [6.45, 7) is 0. The van der Waals surface area contributed by atoms with Crippen molar-refractivity contribution in [3.63, 3.8) is 0 Å². The Morgan fingerprint density at radius 3 is 2.10 bits per heavy atom. The number of carbonyl (C=O) groups is 2. The van der Waals surface area contributed by atoms with E-state index in [1.807, 2.05) is 42.5 Å². The van der Waals surface area contributed by atoms with Crippen molar-refractivity contribution < 1.29 is 9.59 Å². The fourth-order valence-corrected chi connectivity index (χ4v) is 2.30. The molecule has 2 aromatic rings. The highest BCUT2D eigenvalue weighted by molar-refractivity contribution is 6.04. The first-order valence-electron chi connectivity index (χ1n) is 6.48. The Kier molecular flexibility index (Phi) is 3.21. The summed E-state index contributed by atoms with van der Waals surface area (Å²) >= 11 is 0. The molecule has 2 aromatic carbocycles. The third-order valence-electron chi connectivity index (χ3n) is 3.36. The number of amides is 3. The second-order valence-electron chi connectivity index (χ2n) is 4.78. The number of carbonyl (C=O) groups excluding carboxylic acids is 2. The number of imide groups is 1. The molecule has 20 heavy (non-hydrogen) atoms. The van der Waals surface area contributed by atoms with Crippen LogP contribution in [0.25, 0.3) is 11.1 Å². The first-order chi connectivity index (χ1) is 9.72. The van der Waals surface area contributed by atoms with E-state index in [1.54, 1.807) is 0 Å². The zero-order valence-electron chi connectivity index (χ0n) is 10.8. The molecule has 1 aliphatic rings. The average molecular weight is 266 g/mol. The smallest absolute Gasteiger partial charge is 0.322 e. The Morgan fingerprint density at radius 2 is 1.50 bits per heavy atom. The molecule has 100 valence electrons. The molecule has 4 heteroatoms. The summed E-state index contributed by atoms with van der Waals surface area (Å²) in [6, 6.07) is 17.2. The van der Waals surface area contributed by atoms with Crippen LogP contribution in [0.4, 0.5) is 4.79 Å². The van der Waals surface area contributed by atoms with E-state index in [2.05, 4.69) is 22.8 Å². The van der Waals surface area contributed by atoms with Crippen molar-refractivity contribution in [2.45, 2.75) is 12.5 Å². The van der Waals surface area contributed by atoms with Crippen LogP contribution >= 0.6 is 0 Å². The van der Waals surface area contributed by atoms with Crippen LogP contribution in [0, 0.1) is 0 Å². The lowest BCUT2D eigenvalue weighted by Crippen LogP contribution is -2.31. The monoisotopic (exact) mass is 266 g/mol. The summed E-state index contributed by atoms with van der Waals surface area (Å²) in [4.78, 5) is 22.5. The van der Waals surface area contributed by atoms with Gasteiger partial charge in [-0.15, -0.1) is 0 Å². The summed E-state index contributed by atoms with van der Waals surface area (Å²) in [5, 5.41) is 4.83. The van der Waals surface area contributed by atoms with Crippen molar-refractivity contribution in [1.29, 1.82) is 0 Å². The Labute approximate surface area is 116 Å². The van der Waals surface area contributed by atoms with Gasteiger partial charge in [-0.05, 0) is 16.7 Å². The Hall–Kier alpha value is -2.62. The molecule has 0 unspecified atom stereocenters. The first kappa shape index (κ1) is 12.4. The minimum atomic E-state index is -0.468. The van der Waals surface area contributed by atoms with Crippen molar-refractivity contribution in [2.24, 2.45) is 0 Å². The number of nitrogens with one attached hydrogen (secondary N) is 2.